The lowest BCUT2D eigenvalue weighted by molar-refractivity contribution is -0.119. The fourth-order valence-corrected chi connectivity index (χ4v) is 6.05. The lowest BCUT2D eigenvalue weighted by Gasteiger charge is -2.25. The van der Waals surface area contributed by atoms with E-state index in [4.69, 9.17) is 9.47 Å². The van der Waals surface area contributed by atoms with Gasteiger partial charge < -0.3 is 14.8 Å². The van der Waals surface area contributed by atoms with Crippen molar-refractivity contribution in [2.24, 2.45) is 0 Å². The van der Waals surface area contributed by atoms with Crippen molar-refractivity contribution in [2.45, 2.75) is 44.4 Å². The van der Waals surface area contributed by atoms with Gasteiger partial charge in [-0.15, -0.1) is 11.3 Å². The third-order valence-corrected chi connectivity index (χ3v) is 8.33. The lowest BCUT2D eigenvalue weighted by Crippen LogP contribution is -2.35. The monoisotopic (exact) mass is 508 g/mol. The van der Waals surface area contributed by atoms with Gasteiger partial charge in [0.1, 0.15) is 5.00 Å². The van der Waals surface area contributed by atoms with Crippen LogP contribution in [0.25, 0.3) is 0 Å². The number of rotatable bonds is 9. The highest BCUT2D eigenvalue weighted by Gasteiger charge is 2.27. The number of nitrogens with zero attached hydrogens (tertiary/aromatic N) is 1. The number of hydrogen-bond acceptors (Lipinski definition) is 8. The molecule has 0 unspecified atom stereocenters. The average Bonchev–Trinajstić information content (AvgIpc) is 3.26. The van der Waals surface area contributed by atoms with Crippen molar-refractivity contribution in [3.8, 4) is 0 Å². The van der Waals surface area contributed by atoms with Gasteiger partial charge in [0, 0.05) is 18.0 Å². The molecule has 1 aromatic carbocycles. The van der Waals surface area contributed by atoms with Gasteiger partial charge in [0.2, 0.25) is 10.0 Å². The number of piperidine rings is 1. The number of ether oxygens (including phenoxy) is 2. The number of thiophene rings is 1. The number of esters is 2. The summed E-state index contributed by atoms with van der Waals surface area (Å²) in [7, 11) is -3.70. The Kier molecular flexibility index (Phi) is 8.81. The summed E-state index contributed by atoms with van der Waals surface area (Å²) in [5, 5.41) is 2.91. The zero-order chi connectivity index (χ0) is 24.7. The molecule has 0 spiro atoms. The Morgan fingerprint density at radius 3 is 2.44 bits per heavy atom. The molecule has 9 nitrogen and oxygen atoms in total. The second-order valence-corrected chi connectivity index (χ2v) is 10.7. The van der Waals surface area contributed by atoms with Crippen LogP contribution in [0, 0.1) is 0 Å². The molecule has 1 saturated heterocycles. The number of carbonyl (C=O) groups is 3. The third-order valence-electron chi connectivity index (χ3n) is 5.24. The predicted molar refractivity (Wildman–Crippen MR) is 128 cm³/mol. The largest absolute Gasteiger partial charge is 0.462 e. The summed E-state index contributed by atoms with van der Waals surface area (Å²) in [5.41, 5.74) is 0.279. The van der Waals surface area contributed by atoms with Crippen LogP contribution in [0.15, 0.2) is 35.2 Å². The maximum absolute atomic E-state index is 12.9. The maximum Gasteiger partial charge on any atom is 0.341 e. The van der Waals surface area contributed by atoms with Crippen molar-refractivity contribution in [1.29, 1.82) is 0 Å². The van der Waals surface area contributed by atoms with E-state index in [0.717, 1.165) is 24.1 Å². The van der Waals surface area contributed by atoms with Crippen LogP contribution in [-0.4, -0.2) is 56.9 Å². The third kappa shape index (κ3) is 6.22. The van der Waals surface area contributed by atoms with E-state index in [0.29, 0.717) is 24.5 Å². The molecule has 1 N–H and O–H groups in total. The fourth-order valence-electron chi connectivity index (χ4n) is 3.48. The van der Waals surface area contributed by atoms with Gasteiger partial charge >= 0.3 is 11.9 Å². The smallest absolute Gasteiger partial charge is 0.341 e. The zero-order valence-electron chi connectivity index (χ0n) is 19.2. The van der Waals surface area contributed by atoms with Crippen molar-refractivity contribution in [2.75, 3.05) is 31.6 Å². The minimum Gasteiger partial charge on any atom is -0.462 e. The van der Waals surface area contributed by atoms with Crippen molar-refractivity contribution < 1.29 is 32.3 Å². The summed E-state index contributed by atoms with van der Waals surface area (Å²) in [5.74, 6) is -1.99. The molecule has 3 rings (SSSR count). The van der Waals surface area contributed by atoms with Gasteiger partial charge in [-0.25, -0.2) is 18.0 Å². The Morgan fingerprint density at radius 2 is 1.76 bits per heavy atom. The number of nitrogens with one attached hydrogen (secondary N) is 1. The first-order valence-electron chi connectivity index (χ1n) is 11.1. The molecule has 1 aromatic heterocycles. The van der Waals surface area contributed by atoms with Gasteiger partial charge in [0.25, 0.3) is 5.91 Å². The molecule has 0 radical (unpaired) electrons. The fraction of sp³-hybridized carbons (Fsp3) is 0.435. The quantitative estimate of drug-likeness (QED) is 0.515. The van der Waals surface area contributed by atoms with Crippen molar-refractivity contribution >= 4 is 44.2 Å². The number of amides is 1. The van der Waals surface area contributed by atoms with E-state index in [9.17, 15) is 22.8 Å². The van der Waals surface area contributed by atoms with Crippen molar-refractivity contribution in [1.82, 2.24) is 4.31 Å². The molecule has 0 bridgehead atoms. The second kappa shape index (κ2) is 11.6. The minimum atomic E-state index is -3.70. The van der Waals surface area contributed by atoms with Crippen LogP contribution in [0.3, 0.4) is 0 Å². The van der Waals surface area contributed by atoms with Crippen LogP contribution in [-0.2, 0) is 30.7 Å². The first kappa shape index (κ1) is 25.9. The van der Waals surface area contributed by atoms with Gasteiger partial charge in [-0.1, -0.05) is 19.4 Å². The van der Waals surface area contributed by atoms with Gasteiger partial charge in [-0.2, -0.15) is 4.31 Å². The molecule has 1 aliphatic rings. The van der Waals surface area contributed by atoms with Crippen LogP contribution in [0.4, 0.5) is 5.00 Å². The van der Waals surface area contributed by atoms with E-state index in [2.05, 4.69) is 5.32 Å². The van der Waals surface area contributed by atoms with E-state index in [1.165, 1.54) is 39.9 Å². The Labute approximate surface area is 203 Å². The Balaban J connectivity index is 1.64. The molecule has 1 fully saturated rings. The van der Waals surface area contributed by atoms with Crippen molar-refractivity contribution in [3.05, 3.63) is 46.3 Å². The van der Waals surface area contributed by atoms with Gasteiger partial charge in [0.15, 0.2) is 6.61 Å². The zero-order valence-corrected chi connectivity index (χ0v) is 20.8. The first-order chi connectivity index (χ1) is 16.3. The Morgan fingerprint density at radius 1 is 1.03 bits per heavy atom. The summed E-state index contributed by atoms with van der Waals surface area (Å²) in [6.45, 7) is 4.13. The molecule has 11 heteroatoms. The normalized spacial score (nSPS) is 14.4. The van der Waals surface area contributed by atoms with Gasteiger partial charge in [-0.05, 0) is 50.5 Å². The van der Waals surface area contributed by atoms with Crippen LogP contribution in [0.5, 0.6) is 0 Å². The van der Waals surface area contributed by atoms with E-state index < -0.39 is 34.5 Å². The topological polar surface area (TPSA) is 119 Å². The summed E-state index contributed by atoms with van der Waals surface area (Å²) >= 11 is 1.25. The first-order valence-corrected chi connectivity index (χ1v) is 13.4. The van der Waals surface area contributed by atoms with Crippen LogP contribution < -0.4 is 5.32 Å². The number of hydrogen-bond donors (Lipinski definition) is 1. The lowest BCUT2D eigenvalue weighted by atomic mass is 10.2. The second-order valence-electron chi connectivity index (χ2n) is 7.65. The summed E-state index contributed by atoms with van der Waals surface area (Å²) in [4.78, 5) is 37.9. The van der Waals surface area contributed by atoms with E-state index in [1.54, 1.807) is 13.0 Å². The van der Waals surface area contributed by atoms with E-state index in [-0.39, 0.29) is 22.6 Å². The molecular weight excluding hydrogens is 480 g/mol. The molecule has 2 heterocycles. The molecule has 1 amide bonds. The number of sulfonamides is 1. The molecule has 34 heavy (non-hydrogen) atoms. The molecular formula is C23H28N2O7S2. The number of aryl methyl sites for hydroxylation is 1. The number of benzene rings is 1. The Hall–Kier alpha value is -2.76. The van der Waals surface area contributed by atoms with Gasteiger partial charge in [0.05, 0.1) is 22.6 Å². The predicted octanol–water partition coefficient (Wildman–Crippen LogP) is 3.46. The number of anilines is 1. The molecule has 184 valence electrons. The summed E-state index contributed by atoms with van der Waals surface area (Å²) in [6, 6.07) is 7.26. The van der Waals surface area contributed by atoms with Crippen LogP contribution in [0.1, 0.15) is 58.7 Å². The van der Waals surface area contributed by atoms with Gasteiger partial charge in [-0.3, -0.25) is 4.79 Å². The highest BCUT2D eigenvalue weighted by Crippen LogP contribution is 2.29. The summed E-state index contributed by atoms with van der Waals surface area (Å²) in [6.07, 6.45) is 3.28. The van der Waals surface area contributed by atoms with Crippen LogP contribution >= 0.6 is 11.3 Å². The SMILES string of the molecule is CCOC(=O)c1cc(CC)sc1NC(=O)COC(=O)c1cccc(S(=O)(=O)N2CCCCC2)c1. The molecule has 2 aromatic rings. The summed E-state index contributed by atoms with van der Waals surface area (Å²) < 4.78 is 37.3. The maximum atomic E-state index is 12.9. The molecule has 0 aliphatic carbocycles. The average molecular weight is 509 g/mol. The van der Waals surface area contributed by atoms with Crippen LogP contribution in [0.2, 0.25) is 0 Å². The van der Waals surface area contributed by atoms with E-state index >= 15 is 0 Å². The van der Waals surface area contributed by atoms with Crippen molar-refractivity contribution in [3.63, 3.8) is 0 Å². The highest BCUT2D eigenvalue weighted by molar-refractivity contribution is 7.89. The highest BCUT2D eigenvalue weighted by atomic mass is 32.2. The van der Waals surface area contributed by atoms with E-state index in [1.807, 2.05) is 6.92 Å². The molecule has 0 saturated carbocycles. The molecule has 0 atom stereocenters. The molecule has 1 aliphatic heterocycles. The minimum absolute atomic E-state index is 0.0121. The number of carbonyl (C=O) groups excluding carboxylic acids is 3. The standard InChI is InChI=1S/C23H28N2O7S2/c1-3-17-14-19(23(28)31-4-2)21(33-17)24-20(26)15-32-22(27)16-9-8-10-18(13-16)34(29,30)25-11-6-5-7-12-25/h8-10,13-14H,3-7,11-12,15H2,1-2H3,(H,24,26). The Bertz CT molecular complexity index is 1150.